The van der Waals surface area contributed by atoms with Crippen LogP contribution in [0.2, 0.25) is 0 Å². The Hall–Kier alpha value is -3.23. The minimum atomic E-state index is -1.23. The maximum atomic E-state index is 12.7. The summed E-state index contributed by atoms with van der Waals surface area (Å²) >= 11 is 0. The SMILES string of the molecule is C[C@H](Oc1cccc2c1C(=O)N([C@@H]1CCC(=O)NC1=O)C2=O)C(=O)O. The van der Waals surface area contributed by atoms with Crippen LogP contribution in [-0.2, 0) is 14.4 Å². The van der Waals surface area contributed by atoms with Gasteiger partial charge in [-0.15, -0.1) is 0 Å². The molecule has 2 N–H and O–H groups in total. The summed E-state index contributed by atoms with van der Waals surface area (Å²) < 4.78 is 5.26. The van der Waals surface area contributed by atoms with E-state index in [1.807, 2.05) is 0 Å². The second-order valence-electron chi connectivity index (χ2n) is 5.72. The number of ether oxygens (including phenoxy) is 1. The molecule has 0 saturated carbocycles. The van der Waals surface area contributed by atoms with Gasteiger partial charge in [-0.05, 0) is 25.5 Å². The molecule has 9 heteroatoms. The van der Waals surface area contributed by atoms with Crippen LogP contribution in [0.1, 0.15) is 40.5 Å². The molecular formula is C16H14N2O7. The normalized spacial score (nSPS) is 21.0. The lowest BCUT2D eigenvalue weighted by molar-refractivity contribution is -0.144. The number of fused-ring (bicyclic) bond motifs is 1. The topological polar surface area (TPSA) is 130 Å². The number of hydrogen-bond donors (Lipinski definition) is 2. The van der Waals surface area contributed by atoms with Crippen molar-refractivity contribution < 1.29 is 33.8 Å². The van der Waals surface area contributed by atoms with Crippen molar-refractivity contribution in [1.82, 2.24) is 10.2 Å². The highest BCUT2D eigenvalue weighted by molar-refractivity contribution is 6.24. The first-order valence-corrected chi connectivity index (χ1v) is 7.55. The van der Waals surface area contributed by atoms with Gasteiger partial charge in [0.15, 0.2) is 6.10 Å². The average Bonchev–Trinajstić information content (AvgIpc) is 2.80. The molecule has 2 atom stereocenters. The number of carbonyl (C=O) groups is 5. The number of nitrogens with one attached hydrogen (secondary N) is 1. The number of carboxylic acids is 1. The third-order valence-electron chi connectivity index (χ3n) is 4.08. The van der Waals surface area contributed by atoms with Gasteiger partial charge in [-0.2, -0.15) is 0 Å². The molecule has 1 saturated heterocycles. The van der Waals surface area contributed by atoms with Crippen LogP contribution >= 0.6 is 0 Å². The third kappa shape index (κ3) is 2.73. The van der Waals surface area contributed by atoms with Crippen molar-refractivity contribution in [2.24, 2.45) is 0 Å². The highest BCUT2D eigenvalue weighted by Crippen LogP contribution is 2.34. The van der Waals surface area contributed by atoms with Crippen LogP contribution in [0, 0.1) is 0 Å². The van der Waals surface area contributed by atoms with Crippen molar-refractivity contribution in [2.45, 2.75) is 31.9 Å². The van der Waals surface area contributed by atoms with Crippen molar-refractivity contribution in [1.29, 1.82) is 0 Å². The van der Waals surface area contributed by atoms with E-state index in [0.717, 1.165) is 4.90 Å². The van der Waals surface area contributed by atoms with Gasteiger partial charge in [-0.3, -0.25) is 29.4 Å². The molecule has 0 unspecified atom stereocenters. The molecule has 0 radical (unpaired) electrons. The quantitative estimate of drug-likeness (QED) is 0.730. The fraction of sp³-hybridized carbons (Fsp3) is 0.312. The standard InChI is InChI=1S/C16H14N2O7/c1-7(16(23)24)25-10-4-2-3-8-12(10)15(22)18(14(8)21)9-5-6-11(19)17-13(9)20/h2-4,7,9H,5-6H2,1H3,(H,23,24)(H,17,19,20)/t7-,9+/m0/s1. The Morgan fingerprint density at radius 2 is 2.00 bits per heavy atom. The fourth-order valence-corrected chi connectivity index (χ4v) is 2.82. The number of carbonyl (C=O) groups excluding carboxylic acids is 4. The summed E-state index contributed by atoms with van der Waals surface area (Å²) in [6.07, 6.45) is -1.17. The first-order chi connectivity index (χ1) is 11.8. The van der Waals surface area contributed by atoms with Crippen LogP contribution in [0.25, 0.3) is 0 Å². The highest BCUT2D eigenvalue weighted by atomic mass is 16.5. The minimum Gasteiger partial charge on any atom is -0.479 e. The zero-order valence-electron chi connectivity index (χ0n) is 13.1. The molecule has 25 heavy (non-hydrogen) atoms. The zero-order valence-corrected chi connectivity index (χ0v) is 13.1. The number of hydrogen-bond acceptors (Lipinski definition) is 6. The Bertz CT molecular complexity index is 817. The van der Waals surface area contributed by atoms with Gasteiger partial charge in [0.25, 0.3) is 11.8 Å². The molecule has 0 aliphatic carbocycles. The van der Waals surface area contributed by atoms with E-state index in [-0.39, 0.29) is 29.7 Å². The van der Waals surface area contributed by atoms with E-state index >= 15 is 0 Å². The van der Waals surface area contributed by atoms with E-state index in [1.165, 1.54) is 25.1 Å². The Kier molecular flexibility index (Phi) is 3.99. The largest absolute Gasteiger partial charge is 0.479 e. The van der Waals surface area contributed by atoms with Crippen LogP contribution in [0.4, 0.5) is 0 Å². The summed E-state index contributed by atoms with van der Waals surface area (Å²) in [5.74, 6) is -3.87. The van der Waals surface area contributed by atoms with Gasteiger partial charge in [-0.25, -0.2) is 4.79 Å². The Balaban J connectivity index is 1.95. The molecule has 2 aliphatic heterocycles. The van der Waals surface area contributed by atoms with E-state index < -0.39 is 41.7 Å². The predicted octanol–water partition coefficient (Wildman–Crippen LogP) is -0.0603. The third-order valence-corrected chi connectivity index (χ3v) is 4.08. The Morgan fingerprint density at radius 3 is 2.64 bits per heavy atom. The van der Waals surface area contributed by atoms with Crippen molar-refractivity contribution in [3.8, 4) is 5.75 Å². The lowest BCUT2D eigenvalue weighted by atomic mass is 10.0. The minimum absolute atomic E-state index is 0.0171. The summed E-state index contributed by atoms with van der Waals surface area (Å²) in [7, 11) is 0. The van der Waals surface area contributed by atoms with E-state index in [0.29, 0.717) is 0 Å². The number of amides is 4. The molecular weight excluding hydrogens is 332 g/mol. The predicted molar refractivity (Wildman–Crippen MR) is 80.8 cm³/mol. The molecule has 9 nitrogen and oxygen atoms in total. The van der Waals surface area contributed by atoms with Crippen LogP contribution in [-0.4, -0.2) is 51.8 Å². The van der Waals surface area contributed by atoms with Gasteiger partial charge in [0, 0.05) is 6.42 Å². The number of imide groups is 2. The van der Waals surface area contributed by atoms with Crippen molar-refractivity contribution in [3.05, 3.63) is 29.3 Å². The maximum absolute atomic E-state index is 12.7. The molecule has 1 fully saturated rings. The molecule has 0 aromatic heterocycles. The molecule has 130 valence electrons. The zero-order chi connectivity index (χ0) is 18.3. The number of carboxylic acid groups (broad SMARTS) is 1. The number of nitrogens with zero attached hydrogens (tertiary/aromatic N) is 1. The van der Waals surface area contributed by atoms with E-state index in [9.17, 15) is 24.0 Å². The maximum Gasteiger partial charge on any atom is 0.344 e. The number of aliphatic carboxylic acids is 1. The van der Waals surface area contributed by atoms with E-state index in [2.05, 4.69) is 5.32 Å². The molecule has 0 spiro atoms. The lowest BCUT2D eigenvalue weighted by Crippen LogP contribution is -2.54. The summed E-state index contributed by atoms with van der Waals surface area (Å²) in [5.41, 5.74) is -0.0462. The molecule has 3 rings (SSSR count). The fourth-order valence-electron chi connectivity index (χ4n) is 2.82. The van der Waals surface area contributed by atoms with Crippen LogP contribution < -0.4 is 10.1 Å². The molecule has 2 heterocycles. The first-order valence-electron chi connectivity index (χ1n) is 7.55. The van der Waals surface area contributed by atoms with Crippen LogP contribution in [0.5, 0.6) is 5.75 Å². The number of piperidine rings is 1. The van der Waals surface area contributed by atoms with Gasteiger partial charge in [-0.1, -0.05) is 6.07 Å². The van der Waals surface area contributed by atoms with E-state index in [1.54, 1.807) is 0 Å². The number of benzene rings is 1. The van der Waals surface area contributed by atoms with Gasteiger partial charge < -0.3 is 9.84 Å². The monoisotopic (exact) mass is 346 g/mol. The van der Waals surface area contributed by atoms with Gasteiger partial charge in [0.1, 0.15) is 11.8 Å². The Labute approximate surface area is 141 Å². The van der Waals surface area contributed by atoms with Crippen LogP contribution in [0.15, 0.2) is 18.2 Å². The molecule has 1 aromatic carbocycles. The molecule has 1 aromatic rings. The summed E-state index contributed by atoms with van der Waals surface area (Å²) in [6.45, 7) is 1.29. The average molecular weight is 346 g/mol. The van der Waals surface area contributed by atoms with E-state index in [4.69, 9.17) is 9.84 Å². The smallest absolute Gasteiger partial charge is 0.344 e. The molecule has 2 aliphatic rings. The van der Waals surface area contributed by atoms with Crippen LogP contribution in [0.3, 0.4) is 0 Å². The molecule has 4 amide bonds. The number of rotatable bonds is 4. The van der Waals surface area contributed by atoms with Gasteiger partial charge in [0.05, 0.1) is 11.1 Å². The second kappa shape index (κ2) is 6.00. The van der Waals surface area contributed by atoms with Crippen molar-refractivity contribution in [3.63, 3.8) is 0 Å². The lowest BCUT2D eigenvalue weighted by Gasteiger charge is -2.27. The summed E-state index contributed by atoms with van der Waals surface area (Å²) in [5, 5.41) is 11.1. The summed E-state index contributed by atoms with van der Waals surface area (Å²) in [4.78, 5) is 60.3. The van der Waals surface area contributed by atoms with Crippen molar-refractivity contribution >= 4 is 29.6 Å². The second-order valence-corrected chi connectivity index (χ2v) is 5.72. The first kappa shape index (κ1) is 16.6. The van der Waals surface area contributed by atoms with Crippen molar-refractivity contribution in [2.75, 3.05) is 0 Å². The van der Waals surface area contributed by atoms with Gasteiger partial charge >= 0.3 is 5.97 Å². The van der Waals surface area contributed by atoms with Gasteiger partial charge in [0.2, 0.25) is 11.8 Å². The highest BCUT2D eigenvalue weighted by Gasteiger charge is 2.46. The molecule has 0 bridgehead atoms. The summed E-state index contributed by atoms with van der Waals surface area (Å²) in [6, 6.07) is 3.16. The Morgan fingerprint density at radius 1 is 1.28 bits per heavy atom.